The third kappa shape index (κ3) is 4.66. The van der Waals surface area contributed by atoms with Crippen LogP contribution in [-0.4, -0.2) is 22.3 Å². The second-order valence-corrected chi connectivity index (χ2v) is 6.30. The highest BCUT2D eigenvalue weighted by molar-refractivity contribution is 9.10. The maximum absolute atomic E-state index is 12.5. The molecule has 2 aromatic carbocycles. The van der Waals surface area contributed by atoms with Gasteiger partial charge in [-0.15, -0.1) is 0 Å². The fraction of sp³-hybridized carbons (Fsp3) is 0.111. The second-order valence-electron chi connectivity index (χ2n) is 5.38. The van der Waals surface area contributed by atoms with Crippen molar-refractivity contribution in [3.05, 3.63) is 76.5 Å². The number of hydrogen-bond acceptors (Lipinski definition) is 3. The molecular formula is C18H14BrF2N3O2. The quantitative estimate of drug-likeness (QED) is 0.635. The monoisotopic (exact) mass is 421 g/mol. The van der Waals surface area contributed by atoms with Crippen molar-refractivity contribution in [1.29, 1.82) is 0 Å². The number of ether oxygens (including phenoxy) is 1. The minimum absolute atomic E-state index is 0.0217. The lowest BCUT2D eigenvalue weighted by Gasteiger charge is -2.09. The molecule has 0 saturated heterocycles. The largest absolute Gasteiger partial charge is 0.434 e. The van der Waals surface area contributed by atoms with E-state index in [-0.39, 0.29) is 11.3 Å². The first-order valence-electron chi connectivity index (χ1n) is 7.63. The lowest BCUT2D eigenvalue weighted by Crippen LogP contribution is -2.14. The zero-order chi connectivity index (χ0) is 18.5. The number of rotatable bonds is 6. The van der Waals surface area contributed by atoms with Crippen molar-refractivity contribution in [2.45, 2.75) is 13.2 Å². The van der Waals surface area contributed by atoms with E-state index in [9.17, 15) is 13.6 Å². The van der Waals surface area contributed by atoms with Gasteiger partial charge in [-0.3, -0.25) is 9.48 Å². The molecular weight excluding hydrogens is 408 g/mol. The van der Waals surface area contributed by atoms with Crippen LogP contribution in [0.25, 0.3) is 0 Å². The van der Waals surface area contributed by atoms with E-state index in [1.807, 2.05) is 24.3 Å². The van der Waals surface area contributed by atoms with Gasteiger partial charge >= 0.3 is 6.61 Å². The molecule has 0 unspecified atom stereocenters. The van der Waals surface area contributed by atoms with E-state index in [0.29, 0.717) is 12.2 Å². The molecule has 0 aliphatic rings. The van der Waals surface area contributed by atoms with Crippen LogP contribution in [0.3, 0.4) is 0 Å². The Kier molecular flexibility index (Phi) is 5.62. The molecule has 0 saturated carbocycles. The Labute approximate surface area is 156 Å². The molecule has 8 heteroatoms. The number of anilines is 1. The highest BCUT2D eigenvalue weighted by atomic mass is 79.9. The average Bonchev–Trinajstić information content (AvgIpc) is 3.04. The lowest BCUT2D eigenvalue weighted by atomic mass is 10.2. The summed E-state index contributed by atoms with van der Waals surface area (Å²) in [6.45, 7) is -2.47. The van der Waals surface area contributed by atoms with Crippen molar-refractivity contribution in [2.24, 2.45) is 0 Å². The summed E-state index contributed by atoms with van der Waals surface area (Å²) in [6.07, 6.45) is 3.16. The van der Waals surface area contributed by atoms with E-state index in [1.54, 1.807) is 16.9 Å². The third-order valence-electron chi connectivity index (χ3n) is 3.50. The molecule has 3 aromatic rings. The van der Waals surface area contributed by atoms with Gasteiger partial charge in [-0.25, -0.2) is 0 Å². The molecule has 1 heterocycles. The van der Waals surface area contributed by atoms with E-state index >= 15 is 0 Å². The molecule has 0 radical (unpaired) electrons. The number of amides is 1. The Balaban J connectivity index is 1.69. The third-order valence-corrected chi connectivity index (χ3v) is 4.03. The molecule has 0 atom stereocenters. The Morgan fingerprint density at radius 3 is 2.65 bits per heavy atom. The molecule has 1 N–H and O–H groups in total. The second kappa shape index (κ2) is 8.09. The predicted octanol–water partition coefficient (Wildman–Crippen LogP) is 4.55. The van der Waals surface area contributed by atoms with Crippen LogP contribution in [0.4, 0.5) is 14.5 Å². The van der Waals surface area contributed by atoms with E-state index in [2.05, 4.69) is 31.1 Å². The maximum atomic E-state index is 12.5. The Morgan fingerprint density at radius 1 is 1.19 bits per heavy atom. The van der Waals surface area contributed by atoms with Gasteiger partial charge < -0.3 is 10.1 Å². The molecule has 26 heavy (non-hydrogen) atoms. The smallest absolute Gasteiger partial charge is 0.387 e. The van der Waals surface area contributed by atoms with Gasteiger partial charge in [-0.1, -0.05) is 40.2 Å². The molecule has 1 amide bonds. The molecule has 1 aromatic heterocycles. The SMILES string of the molecule is O=C(Nc1cnn(Cc2ccc(Br)cc2)c1)c1ccccc1OC(F)F. The minimum Gasteiger partial charge on any atom is -0.434 e. The molecule has 3 rings (SSSR count). The van der Waals surface area contributed by atoms with E-state index < -0.39 is 12.5 Å². The van der Waals surface area contributed by atoms with E-state index in [1.165, 1.54) is 24.4 Å². The van der Waals surface area contributed by atoms with Crippen molar-refractivity contribution in [3.8, 4) is 5.75 Å². The van der Waals surface area contributed by atoms with Crippen molar-refractivity contribution in [3.63, 3.8) is 0 Å². The molecule has 0 fully saturated rings. The number of hydrogen-bond donors (Lipinski definition) is 1. The number of benzene rings is 2. The van der Waals surface area contributed by atoms with Crippen molar-refractivity contribution < 1.29 is 18.3 Å². The first kappa shape index (κ1) is 18.1. The van der Waals surface area contributed by atoms with Gasteiger partial charge in [-0.05, 0) is 29.8 Å². The van der Waals surface area contributed by atoms with Crippen LogP contribution in [0.5, 0.6) is 5.75 Å². The van der Waals surface area contributed by atoms with Gasteiger partial charge in [0, 0.05) is 10.7 Å². The highest BCUT2D eigenvalue weighted by Crippen LogP contribution is 2.21. The van der Waals surface area contributed by atoms with Crippen molar-refractivity contribution in [2.75, 3.05) is 5.32 Å². The van der Waals surface area contributed by atoms with Gasteiger partial charge in [0.1, 0.15) is 5.75 Å². The van der Waals surface area contributed by atoms with Crippen LogP contribution in [0, 0.1) is 0 Å². The topological polar surface area (TPSA) is 56.2 Å². The van der Waals surface area contributed by atoms with Crippen LogP contribution in [-0.2, 0) is 6.54 Å². The average molecular weight is 422 g/mol. The number of halogens is 3. The van der Waals surface area contributed by atoms with Crippen LogP contribution in [0.2, 0.25) is 0 Å². The Morgan fingerprint density at radius 2 is 1.92 bits per heavy atom. The number of nitrogens with one attached hydrogen (secondary N) is 1. The zero-order valence-corrected chi connectivity index (χ0v) is 15.0. The van der Waals surface area contributed by atoms with Gasteiger partial charge in [0.15, 0.2) is 0 Å². The molecule has 0 spiro atoms. The highest BCUT2D eigenvalue weighted by Gasteiger charge is 2.16. The zero-order valence-electron chi connectivity index (χ0n) is 13.4. The van der Waals surface area contributed by atoms with Gasteiger partial charge in [-0.2, -0.15) is 13.9 Å². The number of aromatic nitrogens is 2. The van der Waals surface area contributed by atoms with Gasteiger partial charge in [0.25, 0.3) is 5.91 Å². The molecule has 0 aliphatic heterocycles. The van der Waals surface area contributed by atoms with Crippen molar-refractivity contribution >= 4 is 27.5 Å². The van der Waals surface area contributed by atoms with Crippen LogP contribution in [0.15, 0.2) is 65.4 Å². The number of carbonyl (C=O) groups excluding carboxylic acids is 1. The number of para-hydroxylation sites is 1. The summed E-state index contributed by atoms with van der Waals surface area (Å²) in [4.78, 5) is 12.3. The number of nitrogens with zero attached hydrogens (tertiary/aromatic N) is 2. The summed E-state index contributed by atoms with van der Waals surface area (Å²) < 4.78 is 31.9. The first-order valence-corrected chi connectivity index (χ1v) is 8.42. The normalized spacial score (nSPS) is 10.8. The maximum Gasteiger partial charge on any atom is 0.387 e. The minimum atomic E-state index is -3.00. The number of carbonyl (C=O) groups is 1. The number of alkyl halides is 2. The van der Waals surface area contributed by atoms with Gasteiger partial charge in [0.05, 0.1) is 24.0 Å². The van der Waals surface area contributed by atoms with Crippen LogP contribution < -0.4 is 10.1 Å². The summed E-state index contributed by atoms with van der Waals surface area (Å²) in [5.74, 6) is -0.730. The standard InChI is InChI=1S/C18H14BrF2N3O2/c19-13-7-5-12(6-8-13)10-24-11-14(9-22-24)23-17(25)15-3-1-2-4-16(15)26-18(20)21/h1-9,11,18H,10H2,(H,23,25). The fourth-order valence-electron chi connectivity index (χ4n) is 2.34. The Hall–Kier alpha value is -2.74. The Bertz CT molecular complexity index is 897. The lowest BCUT2D eigenvalue weighted by molar-refractivity contribution is -0.0501. The summed E-state index contributed by atoms with van der Waals surface area (Å²) in [6, 6.07) is 13.6. The van der Waals surface area contributed by atoms with E-state index in [4.69, 9.17) is 0 Å². The van der Waals surface area contributed by atoms with Crippen molar-refractivity contribution in [1.82, 2.24) is 9.78 Å². The summed E-state index contributed by atoms with van der Waals surface area (Å²) >= 11 is 3.38. The summed E-state index contributed by atoms with van der Waals surface area (Å²) in [5.41, 5.74) is 1.53. The molecule has 0 bridgehead atoms. The summed E-state index contributed by atoms with van der Waals surface area (Å²) in [7, 11) is 0. The molecule has 5 nitrogen and oxygen atoms in total. The molecule has 134 valence electrons. The first-order chi connectivity index (χ1) is 12.5. The fourth-order valence-corrected chi connectivity index (χ4v) is 2.61. The molecule has 0 aliphatic carbocycles. The van der Waals surface area contributed by atoms with E-state index in [0.717, 1.165) is 10.0 Å². The summed E-state index contributed by atoms with van der Waals surface area (Å²) in [5, 5.41) is 6.82. The predicted molar refractivity (Wildman–Crippen MR) is 96.5 cm³/mol. The van der Waals surface area contributed by atoms with Gasteiger partial charge in [0.2, 0.25) is 0 Å². The van der Waals surface area contributed by atoms with Crippen LogP contribution >= 0.6 is 15.9 Å². The van der Waals surface area contributed by atoms with Crippen LogP contribution in [0.1, 0.15) is 15.9 Å².